The van der Waals surface area contributed by atoms with E-state index in [1.54, 1.807) is 10.7 Å². The summed E-state index contributed by atoms with van der Waals surface area (Å²) in [6.07, 6.45) is 5.62. The largest absolute Gasteiger partial charge is 0.317 e. The van der Waals surface area contributed by atoms with Gasteiger partial charge in [0.05, 0.1) is 23.8 Å². The van der Waals surface area contributed by atoms with E-state index in [4.69, 9.17) is 0 Å². The Morgan fingerprint density at radius 1 is 1.30 bits per heavy atom. The van der Waals surface area contributed by atoms with E-state index in [-0.39, 0.29) is 17.8 Å². The van der Waals surface area contributed by atoms with Crippen LogP contribution in [0.1, 0.15) is 35.3 Å². The van der Waals surface area contributed by atoms with Crippen LogP contribution in [0.5, 0.6) is 0 Å². The highest BCUT2D eigenvalue weighted by atomic mass is 32.1. The van der Waals surface area contributed by atoms with E-state index < -0.39 is 0 Å². The van der Waals surface area contributed by atoms with Crippen LogP contribution in [-0.2, 0) is 24.2 Å². The summed E-state index contributed by atoms with van der Waals surface area (Å²) in [7, 11) is 0. The summed E-state index contributed by atoms with van der Waals surface area (Å²) in [6, 6.07) is 9.49. The molecule has 4 rings (SSSR count). The van der Waals surface area contributed by atoms with E-state index in [9.17, 15) is 14.9 Å². The number of carbonyl (C=O) groups excluding carboxylic acids is 1. The number of anilines is 1. The van der Waals surface area contributed by atoms with Crippen LogP contribution in [0, 0.1) is 11.3 Å². The van der Waals surface area contributed by atoms with Crippen molar-refractivity contribution in [3.8, 4) is 6.07 Å². The lowest BCUT2D eigenvalue weighted by Crippen LogP contribution is -2.18. The van der Waals surface area contributed by atoms with E-state index >= 15 is 0 Å². The number of benzene rings is 1. The van der Waals surface area contributed by atoms with Gasteiger partial charge in [0.2, 0.25) is 11.3 Å². The van der Waals surface area contributed by atoms with Gasteiger partial charge < -0.3 is 5.32 Å². The van der Waals surface area contributed by atoms with Gasteiger partial charge in [-0.1, -0.05) is 12.1 Å². The molecule has 0 atom stereocenters. The van der Waals surface area contributed by atoms with Gasteiger partial charge in [-0.15, -0.1) is 11.3 Å². The third-order valence-electron chi connectivity index (χ3n) is 4.85. The van der Waals surface area contributed by atoms with Crippen LogP contribution in [0.2, 0.25) is 0 Å². The molecular formula is C20H18N4O2S. The summed E-state index contributed by atoms with van der Waals surface area (Å²) < 4.78 is 1.67. The second-order valence-corrected chi connectivity index (χ2v) is 7.68. The summed E-state index contributed by atoms with van der Waals surface area (Å²) in [6.45, 7) is 0.361. The molecule has 0 saturated heterocycles. The van der Waals surface area contributed by atoms with Crippen LogP contribution < -0.4 is 10.7 Å². The SMILES string of the molecule is N#Cc1c(NC(=O)CCn2ncc(=O)c3ccccc32)sc2c1CCCC2. The van der Waals surface area contributed by atoms with Gasteiger partial charge in [-0.25, -0.2) is 0 Å². The summed E-state index contributed by atoms with van der Waals surface area (Å²) in [5.41, 5.74) is 2.31. The maximum Gasteiger partial charge on any atom is 0.226 e. The molecule has 0 fully saturated rings. The molecule has 1 amide bonds. The highest BCUT2D eigenvalue weighted by Gasteiger charge is 2.21. The summed E-state index contributed by atoms with van der Waals surface area (Å²) in [4.78, 5) is 25.6. The van der Waals surface area contributed by atoms with Crippen molar-refractivity contribution in [3.63, 3.8) is 0 Å². The van der Waals surface area contributed by atoms with E-state index in [2.05, 4.69) is 16.5 Å². The van der Waals surface area contributed by atoms with Crippen molar-refractivity contribution in [2.75, 3.05) is 5.32 Å². The molecule has 136 valence electrons. The van der Waals surface area contributed by atoms with Crippen LogP contribution in [0.25, 0.3) is 10.9 Å². The first-order chi connectivity index (χ1) is 13.2. The molecular weight excluding hydrogens is 360 g/mol. The quantitative estimate of drug-likeness (QED) is 0.755. The fourth-order valence-electron chi connectivity index (χ4n) is 3.51. The number of amides is 1. The Labute approximate surface area is 160 Å². The van der Waals surface area contributed by atoms with Crippen LogP contribution in [0.15, 0.2) is 35.3 Å². The van der Waals surface area contributed by atoms with E-state index in [1.807, 2.05) is 18.2 Å². The number of nitriles is 1. The van der Waals surface area contributed by atoms with Crippen LogP contribution in [0.4, 0.5) is 5.00 Å². The Morgan fingerprint density at radius 3 is 2.96 bits per heavy atom. The molecule has 1 aliphatic rings. The fraction of sp³-hybridized carbons (Fsp3) is 0.300. The fourth-order valence-corrected chi connectivity index (χ4v) is 4.76. The molecule has 0 radical (unpaired) electrons. The average molecular weight is 378 g/mol. The maximum atomic E-state index is 12.5. The zero-order chi connectivity index (χ0) is 18.8. The van der Waals surface area contributed by atoms with Gasteiger partial charge >= 0.3 is 0 Å². The Bertz CT molecular complexity index is 1120. The number of nitrogens with one attached hydrogen (secondary N) is 1. The van der Waals surface area contributed by atoms with Gasteiger partial charge in [-0.3, -0.25) is 14.3 Å². The van der Waals surface area contributed by atoms with E-state index in [1.165, 1.54) is 22.4 Å². The molecule has 1 N–H and O–H groups in total. The maximum absolute atomic E-state index is 12.5. The van der Waals surface area contributed by atoms with Crippen molar-refractivity contribution in [2.24, 2.45) is 0 Å². The molecule has 0 spiro atoms. The van der Waals surface area contributed by atoms with E-state index in [0.29, 0.717) is 28.0 Å². The van der Waals surface area contributed by atoms with Gasteiger partial charge in [-0.05, 0) is 43.4 Å². The second kappa shape index (κ2) is 7.33. The Balaban J connectivity index is 1.50. The normalized spacial score (nSPS) is 13.1. The smallest absolute Gasteiger partial charge is 0.226 e. The second-order valence-electron chi connectivity index (χ2n) is 6.57. The minimum Gasteiger partial charge on any atom is -0.317 e. The van der Waals surface area contributed by atoms with E-state index in [0.717, 1.165) is 31.2 Å². The van der Waals surface area contributed by atoms with Gasteiger partial charge in [0, 0.05) is 16.7 Å². The molecule has 27 heavy (non-hydrogen) atoms. The van der Waals surface area contributed by atoms with Crippen molar-refractivity contribution < 1.29 is 4.79 Å². The number of aryl methyl sites for hydroxylation is 2. The lowest BCUT2D eigenvalue weighted by atomic mass is 9.96. The number of rotatable bonds is 4. The molecule has 3 aromatic rings. The third-order valence-corrected chi connectivity index (χ3v) is 6.06. The number of hydrogen-bond acceptors (Lipinski definition) is 5. The lowest BCUT2D eigenvalue weighted by Gasteiger charge is -2.10. The molecule has 0 aliphatic heterocycles. The minimum absolute atomic E-state index is 0.130. The summed E-state index contributed by atoms with van der Waals surface area (Å²) >= 11 is 1.52. The Hall–Kier alpha value is -2.98. The number of hydrogen-bond donors (Lipinski definition) is 1. The minimum atomic E-state index is -0.158. The van der Waals surface area contributed by atoms with Crippen molar-refractivity contribution >= 4 is 33.1 Å². The molecule has 2 heterocycles. The van der Waals surface area contributed by atoms with Crippen molar-refractivity contribution in [2.45, 2.75) is 38.6 Å². The predicted molar refractivity (Wildman–Crippen MR) is 105 cm³/mol. The molecule has 6 nitrogen and oxygen atoms in total. The number of fused-ring (bicyclic) bond motifs is 2. The lowest BCUT2D eigenvalue weighted by molar-refractivity contribution is -0.116. The van der Waals surface area contributed by atoms with Crippen LogP contribution in [0.3, 0.4) is 0 Å². The third kappa shape index (κ3) is 3.36. The van der Waals surface area contributed by atoms with Crippen molar-refractivity contribution in [1.29, 1.82) is 5.26 Å². The van der Waals surface area contributed by atoms with Crippen molar-refractivity contribution in [1.82, 2.24) is 9.78 Å². The van der Waals surface area contributed by atoms with Gasteiger partial charge in [0.1, 0.15) is 11.1 Å². The van der Waals surface area contributed by atoms with Crippen molar-refractivity contribution in [3.05, 3.63) is 56.7 Å². The number of para-hydroxylation sites is 1. The number of thiophene rings is 1. The van der Waals surface area contributed by atoms with Gasteiger partial charge in [-0.2, -0.15) is 10.4 Å². The Kier molecular flexibility index (Phi) is 4.73. The first-order valence-electron chi connectivity index (χ1n) is 8.96. The standard InChI is InChI=1S/C20H18N4O2S/c21-11-15-13-5-2-4-8-18(13)27-20(15)23-19(26)9-10-24-16-7-3-1-6-14(16)17(25)12-22-24/h1,3,6-7,12H,2,4-5,8-10H2,(H,23,26). The zero-order valence-electron chi connectivity index (χ0n) is 14.7. The molecule has 7 heteroatoms. The molecule has 0 bridgehead atoms. The Morgan fingerprint density at radius 2 is 2.11 bits per heavy atom. The molecule has 1 aromatic carbocycles. The zero-order valence-corrected chi connectivity index (χ0v) is 15.5. The molecule has 2 aromatic heterocycles. The summed E-state index contributed by atoms with van der Waals surface area (Å²) in [5, 5.41) is 17.8. The average Bonchev–Trinajstić information content (AvgIpc) is 3.04. The summed E-state index contributed by atoms with van der Waals surface area (Å²) in [5.74, 6) is -0.158. The molecule has 1 aliphatic carbocycles. The molecule has 0 unspecified atom stereocenters. The highest BCUT2D eigenvalue weighted by Crippen LogP contribution is 2.37. The van der Waals surface area contributed by atoms with Gasteiger partial charge in [0.15, 0.2) is 0 Å². The number of nitrogens with zero attached hydrogens (tertiary/aromatic N) is 3. The number of aromatic nitrogens is 2. The van der Waals surface area contributed by atoms with Gasteiger partial charge in [0.25, 0.3) is 0 Å². The topological polar surface area (TPSA) is 87.8 Å². The highest BCUT2D eigenvalue weighted by molar-refractivity contribution is 7.16. The number of carbonyl (C=O) groups is 1. The van der Waals surface area contributed by atoms with Crippen LogP contribution in [-0.4, -0.2) is 15.7 Å². The molecule has 0 saturated carbocycles. The first-order valence-corrected chi connectivity index (χ1v) is 9.78. The van der Waals surface area contributed by atoms with Crippen LogP contribution >= 0.6 is 11.3 Å². The predicted octanol–water partition coefficient (Wildman–Crippen LogP) is 3.24. The monoisotopic (exact) mass is 378 g/mol. The first kappa shape index (κ1) is 17.4.